The fourth-order valence-corrected chi connectivity index (χ4v) is 6.65. The van der Waals surface area contributed by atoms with Crippen molar-refractivity contribution in [3.8, 4) is 0 Å². The van der Waals surface area contributed by atoms with Crippen LogP contribution in [0.5, 0.6) is 0 Å². The van der Waals surface area contributed by atoms with Crippen LogP contribution in [-0.2, 0) is 41.8 Å². The number of amides is 1. The van der Waals surface area contributed by atoms with E-state index >= 15 is 0 Å². The fourth-order valence-electron chi connectivity index (χ4n) is 4.08. The molecule has 0 saturated heterocycles. The van der Waals surface area contributed by atoms with Crippen LogP contribution in [0.25, 0.3) is 0 Å². The molecule has 0 unspecified atom stereocenters. The maximum absolute atomic E-state index is 13.3. The van der Waals surface area contributed by atoms with Crippen molar-refractivity contribution in [2.45, 2.75) is 81.5 Å². The lowest BCUT2D eigenvalue weighted by Gasteiger charge is -2.11. The summed E-state index contributed by atoms with van der Waals surface area (Å²) in [6.45, 7) is 3.98. The van der Waals surface area contributed by atoms with Crippen LogP contribution >= 0.6 is 11.3 Å². The van der Waals surface area contributed by atoms with Crippen molar-refractivity contribution >= 4 is 43.9 Å². The maximum Gasteiger partial charge on any atom is 0.311 e. The van der Waals surface area contributed by atoms with Crippen molar-refractivity contribution in [2.24, 2.45) is 5.16 Å². The summed E-state index contributed by atoms with van der Waals surface area (Å²) in [7, 11) is -3.34. The van der Waals surface area contributed by atoms with Gasteiger partial charge in [0.1, 0.15) is 6.10 Å². The molecular formula is C25H31N3O6S2. The lowest BCUT2D eigenvalue weighted by molar-refractivity contribution is -0.142. The number of ether oxygens (including phenoxy) is 1. The van der Waals surface area contributed by atoms with Crippen molar-refractivity contribution in [3.63, 3.8) is 0 Å². The van der Waals surface area contributed by atoms with Crippen molar-refractivity contribution in [1.82, 2.24) is 4.98 Å². The first-order valence-corrected chi connectivity index (χ1v) is 14.7. The zero-order chi connectivity index (χ0) is 25.7. The normalized spacial score (nSPS) is 16.7. The summed E-state index contributed by atoms with van der Waals surface area (Å²) in [6, 6.07) is 6.18. The Morgan fingerprint density at radius 2 is 1.81 bits per heavy atom. The third-order valence-corrected chi connectivity index (χ3v) is 9.60. The highest BCUT2D eigenvalue weighted by Gasteiger charge is 2.36. The van der Waals surface area contributed by atoms with Crippen LogP contribution < -0.4 is 5.32 Å². The predicted molar refractivity (Wildman–Crippen MR) is 137 cm³/mol. The Bertz CT molecular complexity index is 1230. The van der Waals surface area contributed by atoms with Gasteiger partial charge in [-0.15, -0.1) is 11.3 Å². The summed E-state index contributed by atoms with van der Waals surface area (Å²) in [5.41, 5.74) is 1.06. The molecule has 36 heavy (non-hydrogen) atoms. The highest BCUT2D eigenvalue weighted by Crippen LogP contribution is 2.33. The molecule has 2 saturated carbocycles. The summed E-state index contributed by atoms with van der Waals surface area (Å²) < 4.78 is 30.1. The van der Waals surface area contributed by atoms with Gasteiger partial charge in [-0.2, -0.15) is 0 Å². The smallest absolute Gasteiger partial charge is 0.311 e. The van der Waals surface area contributed by atoms with Gasteiger partial charge in [0.25, 0.3) is 5.91 Å². The van der Waals surface area contributed by atoms with Crippen molar-refractivity contribution < 1.29 is 27.6 Å². The van der Waals surface area contributed by atoms with E-state index in [9.17, 15) is 18.0 Å². The molecule has 1 N–H and O–H groups in total. The van der Waals surface area contributed by atoms with E-state index in [0.717, 1.165) is 30.6 Å². The highest BCUT2D eigenvalue weighted by molar-refractivity contribution is 7.92. The largest absolute Gasteiger partial charge is 0.466 e. The number of anilines is 1. The van der Waals surface area contributed by atoms with Crippen molar-refractivity contribution in [2.75, 3.05) is 11.9 Å². The number of thiazole rings is 1. The number of sulfone groups is 1. The zero-order valence-corrected chi connectivity index (χ0v) is 22.1. The van der Waals surface area contributed by atoms with Crippen LogP contribution in [0, 0.1) is 0 Å². The van der Waals surface area contributed by atoms with Crippen LogP contribution in [0.3, 0.4) is 0 Å². The molecule has 1 heterocycles. The molecule has 1 aromatic heterocycles. The molecule has 0 atom stereocenters. The molecule has 1 amide bonds. The van der Waals surface area contributed by atoms with E-state index in [1.807, 2.05) is 6.92 Å². The van der Waals surface area contributed by atoms with E-state index in [-0.39, 0.29) is 41.0 Å². The van der Waals surface area contributed by atoms with Crippen molar-refractivity contribution in [3.05, 3.63) is 40.4 Å². The van der Waals surface area contributed by atoms with E-state index in [4.69, 9.17) is 9.57 Å². The van der Waals surface area contributed by atoms with E-state index in [1.165, 1.54) is 23.5 Å². The van der Waals surface area contributed by atoms with E-state index in [1.54, 1.807) is 19.1 Å². The number of esters is 1. The summed E-state index contributed by atoms with van der Waals surface area (Å²) in [5.74, 6) is -0.895. The molecule has 0 bridgehead atoms. The minimum absolute atomic E-state index is 0.0338. The van der Waals surface area contributed by atoms with Gasteiger partial charge in [0.05, 0.1) is 28.9 Å². The predicted octanol–water partition coefficient (Wildman–Crippen LogP) is 4.05. The first-order chi connectivity index (χ1) is 17.3. The minimum atomic E-state index is -3.34. The molecule has 2 fully saturated rings. The molecule has 2 aromatic rings. The number of nitrogens with zero attached hydrogens (tertiary/aromatic N) is 2. The molecule has 0 radical (unpaired) electrons. The fraction of sp³-hybridized carbons (Fsp3) is 0.520. The molecule has 194 valence electrons. The number of carbonyl (C=O) groups is 2. The van der Waals surface area contributed by atoms with Gasteiger partial charge < -0.3 is 9.57 Å². The van der Waals surface area contributed by atoms with Crippen LogP contribution in [0.1, 0.15) is 68.5 Å². The number of hydrogen-bond acceptors (Lipinski definition) is 9. The average molecular weight is 534 g/mol. The Hall–Kier alpha value is -2.79. The monoisotopic (exact) mass is 533 g/mol. The Labute approximate surface area is 215 Å². The number of hydrogen-bond donors (Lipinski definition) is 1. The number of aromatic nitrogens is 1. The summed E-state index contributed by atoms with van der Waals surface area (Å²) in [4.78, 5) is 36.5. The van der Waals surface area contributed by atoms with Crippen LogP contribution in [0.4, 0.5) is 5.13 Å². The first-order valence-electron chi connectivity index (χ1n) is 12.4. The molecule has 1 aromatic carbocycles. The third-order valence-electron chi connectivity index (χ3n) is 6.17. The lowest BCUT2D eigenvalue weighted by Crippen LogP contribution is -2.25. The Morgan fingerprint density at radius 1 is 1.11 bits per heavy atom. The molecular weight excluding hydrogens is 502 g/mol. The van der Waals surface area contributed by atoms with Gasteiger partial charge in [-0.05, 0) is 64.0 Å². The quantitative estimate of drug-likeness (QED) is 0.262. The Morgan fingerprint density at radius 3 is 2.42 bits per heavy atom. The van der Waals surface area contributed by atoms with Gasteiger partial charge in [0, 0.05) is 10.4 Å². The summed E-state index contributed by atoms with van der Waals surface area (Å²) in [6.07, 6.45) is 5.86. The van der Waals surface area contributed by atoms with Gasteiger partial charge in [-0.1, -0.05) is 24.2 Å². The van der Waals surface area contributed by atoms with Crippen LogP contribution in [-0.4, -0.2) is 49.0 Å². The number of aryl methyl sites for hydroxylation is 1. The standard InChI is InChI=1S/C25H31N3O6S2/c1-3-21-20(15-22(29)33-4-2)26-25(35-21)27-24(30)23(28-34-17-7-5-6-8-17)16-9-11-18(12-10-16)36(31,32)19-13-14-19/h9-12,17,19H,3-8,13-15H2,1-2H3,(H,26,27,30)/b28-23+. The second-order valence-corrected chi connectivity index (χ2v) is 12.2. The summed E-state index contributed by atoms with van der Waals surface area (Å²) >= 11 is 1.29. The van der Waals surface area contributed by atoms with Crippen molar-refractivity contribution in [1.29, 1.82) is 0 Å². The number of rotatable bonds is 11. The lowest BCUT2D eigenvalue weighted by atomic mass is 10.1. The molecule has 4 rings (SSSR count). The molecule has 0 aliphatic heterocycles. The molecule has 0 spiro atoms. The SMILES string of the molecule is CCOC(=O)Cc1nc(NC(=O)/C(=N/OC2CCCC2)c2ccc(S(=O)(=O)C3CC3)cc2)sc1CC. The topological polar surface area (TPSA) is 124 Å². The molecule has 2 aliphatic carbocycles. The maximum atomic E-state index is 13.3. The van der Waals surface area contributed by atoms with Crippen LogP contribution in [0.2, 0.25) is 0 Å². The Balaban J connectivity index is 1.56. The molecule has 11 heteroatoms. The number of benzene rings is 1. The first kappa shape index (κ1) is 26.3. The van der Waals surface area contributed by atoms with E-state index < -0.39 is 15.7 Å². The second kappa shape index (κ2) is 11.5. The second-order valence-electron chi connectivity index (χ2n) is 8.90. The molecule has 9 nitrogen and oxygen atoms in total. The minimum Gasteiger partial charge on any atom is -0.466 e. The number of carbonyl (C=O) groups excluding carboxylic acids is 2. The van der Waals surface area contributed by atoms with Gasteiger partial charge >= 0.3 is 5.97 Å². The zero-order valence-electron chi connectivity index (χ0n) is 20.5. The highest BCUT2D eigenvalue weighted by atomic mass is 32.2. The van der Waals surface area contributed by atoms with Gasteiger partial charge in [0.2, 0.25) is 0 Å². The van der Waals surface area contributed by atoms with Crippen LogP contribution in [0.15, 0.2) is 34.3 Å². The van der Waals surface area contributed by atoms with E-state index in [0.29, 0.717) is 35.7 Å². The van der Waals surface area contributed by atoms with Gasteiger partial charge in [-0.3, -0.25) is 14.9 Å². The third kappa shape index (κ3) is 6.31. The van der Waals surface area contributed by atoms with E-state index in [2.05, 4.69) is 15.5 Å². The molecule has 2 aliphatic rings. The Kier molecular flexibility index (Phi) is 8.40. The van der Waals surface area contributed by atoms with Gasteiger partial charge in [-0.25, -0.2) is 13.4 Å². The number of oxime groups is 1. The number of nitrogens with one attached hydrogen (secondary N) is 1. The average Bonchev–Trinajstić information content (AvgIpc) is 3.48. The summed E-state index contributed by atoms with van der Waals surface area (Å²) in [5, 5.41) is 7.00. The van der Waals surface area contributed by atoms with Gasteiger partial charge in [0.15, 0.2) is 20.7 Å².